The van der Waals surface area contributed by atoms with Gasteiger partial charge in [-0.3, -0.25) is 4.79 Å². The van der Waals surface area contributed by atoms with E-state index in [0.717, 1.165) is 5.69 Å². The van der Waals surface area contributed by atoms with Crippen LogP contribution in [0.2, 0.25) is 0 Å². The molecule has 8 nitrogen and oxygen atoms in total. The second-order valence-electron chi connectivity index (χ2n) is 6.57. The highest BCUT2D eigenvalue weighted by atomic mass is 32.2. The molecular weight excluding hydrogens is 368 g/mol. The minimum atomic E-state index is -3.59. The number of rotatable bonds is 10. The quantitative estimate of drug-likeness (QED) is 0.531. The lowest BCUT2D eigenvalue weighted by atomic mass is 10.2. The van der Waals surface area contributed by atoms with E-state index in [1.54, 1.807) is 7.11 Å². The number of piperazine rings is 1. The number of nitrogens with zero attached hydrogens (tertiary/aromatic N) is 2. The number of carbonyl (C=O) groups excluding carboxylic acids is 1. The highest BCUT2D eigenvalue weighted by molar-refractivity contribution is 7.89. The molecule has 0 unspecified atom stereocenters. The van der Waals surface area contributed by atoms with Crippen LogP contribution in [-0.2, 0) is 19.6 Å². The number of benzene rings is 1. The topological polar surface area (TPSA) is 91.0 Å². The monoisotopic (exact) mass is 398 g/mol. The number of methoxy groups -OCH3 is 1. The second kappa shape index (κ2) is 10.6. The molecule has 1 aliphatic heterocycles. The smallest absolute Gasteiger partial charge is 0.236 e. The summed E-state index contributed by atoms with van der Waals surface area (Å²) in [5.74, 6) is -0.972. The molecule has 1 aromatic rings. The second-order valence-corrected chi connectivity index (χ2v) is 8.54. The molecule has 2 rings (SSSR count). The molecule has 9 heteroatoms. The summed E-state index contributed by atoms with van der Waals surface area (Å²) in [6, 6.07) is 8.17. The zero-order chi connectivity index (χ0) is 19.7. The molecule has 0 radical (unpaired) electrons. The average molecular weight is 399 g/mol. The molecule has 1 aliphatic rings. The van der Waals surface area contributed by atoms with Gasteiger partial charge in [-0.1, -0.05) is 12.1 Å². The van der Waals surface area contributed by atoms with Gasteiger partial charge in [0.25, 0.3) is 0 Å². The SMILES string of the molecule is COCCNCCNC(=O)CS(=O)(=O)N1CCN(c2cccc(C)c2)CC1. The summed E-state index contributed by atoms with van der Waals surface area (Å²) in [4.78, 5) is 14.1. The van der Waals surface area contributed by atoms with Crippen LogP contribution in [-0.4, -0.2) is 83.9 Å². The van der Waals surface area contributed by atoms with Crippen LogP contribution in [0.5, 0.6) is 0 Å². The first-order chi connectivity index (χ1) is 12.9. The van der Waals surface area contributed by atoms with Crippen molar-refractivity contribution in [3.63, 3.8) is 0 Å². The van der Waals surface area contributed by atoms with Crippen LogP contribution in [0.1, 0.15) is 5.56 Å². The van der Waals surface area contributed by atoms with E-state index in [-0.39, 0.29) is 0 Å². The number of sulfonamides is 1. The zero-order valence-corrected chi connectivity index (χ0v) is 16.9. The molecular formula is C18H30N4O4S. The molecule has 1 fully saturated rings. The van der Waals surface area contributed by atoms with Gasteiger partial charge in [-0.25, -0.2) is 8.42 Å². The first-order valence-electron chi connectivity index (χ1n) is 9.18. The van der Waals surface area contributed by atoms with E-state index < -0.39 is 21.7 Å². The fourth-order valence-corrected chi connectivity index (χ4v) is 4.28. The summed E-state index contributed by atoms with van der Waals surface area (Å²) < 4.78 is 31.3. The predicted molar refractivity (Wildman–Crippen MR) is 107 cm³/mol. The summed E-state index contributed by atoms with van der Waals surface area (Å²) in [6.45, 7) is 6.30. The van der Waals surface area contributed by atoms with Gasteiger partial charge < -0.3 is 20.3 Å². The Balaban J connectivity index is 1.74. The molecule has 0 saturated carbocycles. The molecule has 1 heterocycles. The number of hydrogen-bond acceptors (Lipinski definition) is 6. The maximum absolute atomic E-state index is 12.5. The lowest BCUT2D eigenvalue weighted by Crippen LogP contribution is -2.50. The van der Waals surface area contributed by atoms with Crippen LogP contribution in [0.25, 0.3) is 0 Å². The van der Waals surface area contributed by atoms with E-state index in [0.29, 0.717) is 52.4 Å². The van der Waals surface area contributed by atoms with Crippen molar-refractivity contribution in [3.05, 3.63) is 29.8 Å². The van der Waals surface area contributed by atoms with Crippen molar-refractivity contribution < 1.29 is 17.9 Å². The van der Waals surface area contributed by atoms with Gasteiger partial charge in [-0.2, -0.15) is 4.31 Å². The largest absolute Gasteiger partial charge is 0.383 e. The molecule has 0 aliphatic carbocycles. The Kier molecular flexibility index (Phi) is 8.49. The summed E-state index contributed by atoms with van der Waals surface area (Å²) in [5, 5.41) is 5.72. The fourth-order valence-electron chi connectivity index (χ4n) is 2.95. The van der Waals surface area contributed by atoms with E-state index in [9.17, 15) is 13.2 Å². The molecule has 1 amide bonds. The summed E-state index contributed by atoms with van der Waals surface area (Å²) in [6.07, 6.45) is 0. The molecule has 1 aromatic carbocycles. The number of nitrogens with one attached hydrogen (secondary N) is 2. The van der Waals surface area contributed by atoms with E-state index in [4.69, 9.17) is 4.74 Å². The van der Waals surface area contributed by atoms with Crippen LogP contribution in [0.4, 0.5) is 5.69 Å². The van der Waals surface area contributed by atoms with Crippen molar-refractivity contribution in [2.45, 2.75) is 6.92 Å². The van der Waals surface area contributed by atoms with Gasteiger partial charge in [-0.15, -0.1) is 0 Å². The fraction of sp³-hybridized carbons (Fsp3) is 0.611. The Hall–Kier alpha value is -1.68. The molecule has 2 N–H and O–H groups in total. The van der Waals surface area contributed by atoms with Crippen molar-refractivity contribution >= 4 is 21.6 Å². The standard InChI is InChI=1S/C18H30N4O4S/c1-16-4-3-5-17(14-16)21-9-11-22(12-10-21)27(24,25)15-18(23)20-7-6-19-8-13-26-2/h3-5,14,19H,6-13,15H2,1-2H3,(H,20,23). The van der Waals surface area contributed by atoms with Crippen LogP contribution in [0.15, 0.2) is 24.3 Å². The van der Waals surface area contributed by atoms with Gasteiger partial charge in [0.2, 0.25) is 15.9 Å². The minimum Gasteiger partial charge on any atom is -0.383 e. The van der Waals surface area contributed by atoms with Crippen LogP contribution in [0, 0.1) is 6.92 Å². The molecule has 0 spiro atoms. The lowest BCUT2D eigenvalue weighted by molar-refractivity contribution is -0.118. The van der Waals surface area contributed by atoms with E-state index in [1.807, 2.05) is 25.1 Å². The van der Waals surface area contributed by atoms with Gasteiger partial charge in [0.05, 0.1) is 6.61 Å². The van der Waals surface area contributed by atoms with Crippen LogP contribution < -0.4 is 15.5 Å². The van der Waals surface area contributed by atoms with E-state index in [2.05, 4.69) is 21.6 Å². The molecule has 27 heavy (non-hydrogen) atoms. The van der Waals surface area contributed by atoms with Gasteiger partial charge in [0.1, 0.15) is 5.75 Å². The average Bonchev–Trinajstić information content (AvgIpc) is 2.64. The lowest BCUT2D eigenvalue weighted by Gasteiger charge is -2.35. The van der Waals surface area contributed by atoms with Crippen molar-refractivity contribution in [2.24, 2.45) is 0 Å². The number of ether oxygens (including phenoxy) is 1. The highest BCUT2D eigenvalue weighted by Gasteiger charge is 2.29. The first-order valence-corrected chi connectivity index (χ1v) is 10.8. The highest BCUT2D eigenvalue weighted by Crippen LogP contribution is 2.18. The Morgan fingerprint density at radius 3 is 2.56 bits per heavy atom. The van der Waals surface area contributed by atoms with Gasteiger partial charge >= 0.3 is 0 Å². The Labute approximate surface area is 161 Å². The zero-order valence-electron chi connectivity index (χ0n) is 16.1. The third-order valence-electron chi connectivity index (χ3n) is 4.42. The molecule has 1 saturated heterocycles. The minimum absolute atomic E-state index is 0.388. The van der Waals surface area contributed by atoms with Crippen molar-refractivity contribution in [1.82, 2.24) is 14.9 Å². The van der Waals surface area contributed by atoms with E-state index >= 15 is 0 Å². The normalized spacial score (nSPS) is 15.7. The van der Waals surface area contributed by atoms with Crippen molar-refractivity contribution in [3.8, 4) is 0 Å². The number of carbonyl (C=O) groups is 1. The van der Waals surface area contributed by atoms with Crippen LogP contribution >= 0.6 is 0 Å². The first kappa shape index (κ1) is 21.6. The van der Waals surface area contributed by atoms with E-state index in [1.165, 1.54) is 9.87 Å². The van der Waals surface area contributed by atoms with Crippen molar-refractivity contribution in [1.29, 1.82) is 0 Å². The summed E-state index contributed by atoms with van der Waals surface area (Å²) in [5.41, 5.74) is 2.28. The molecule has 0 atom stereocenters. The summed E-state index contributed by atoms with van der Waals surface area (Å²) >= 11 is 0. The Bertz CT molecular complexity index is 703. The number of amides is 1. The third-order valence-corrected chi connectivity index (χ3v) is 6.20. The molecule has 0 bridgehead atoms. The predicted octanol–water partition coefficient (Wildman–Crippen LogP) is -0.201. The maximum atomic E-state index is 12.5. The number of anilines is 1. The Morgan fingerprint density at radius 1 is 1.15 bits per heavy atom. The third kappa shape index (κ3) is 7.10. The summed E-state index contributed by atoms with van der Waals surface area (Å²) in [7, 11) is -1.97. The van der Waals surface area contributed by atoms with Gasteiger partial charge in [0.15, 0.2) is 0 Å². The van der Waals surface area contributed by atoms with Crippen LogP contribution in [0.3, 0.4) is 0 Å². The van der Waals surface area contributed by atoms with Crippen molar-refractivity contribution in [2.75, 3.05) is 70.2 Å². The molecule has 0 aromatic heterocycles. The van der Waals surface area contributed by atoms with Gasteiger partial charge in [0, 0.05) is 58.6 Å². The van der Waals surface area contributed by atoms with Gasteiger partial charge in [-0.05, 0) is 24.6 Å². The Morgan fingerprint density at radius 2 is 1.89 bits per heavy atom. The molecule has 152 valence electrons. The maximum Gasteiger partial charge on any atom is 0.236 e. The number of hydrogen-bond donors (Lipinski definition) is 2. The number of aryl methyl sites for hydroxylation is 1.